The molecule has 1 N–H and O–H groups in total. The van der Waals surface area contributed by atoms with E-state index in [-0.39, 0.29) is 36.5 Å². The maximum atomic E-state index is 13.4. The van der Waals surface area contributed by atoms with Gasteiger partial charge in [-0.1, -0.05) is 6.07 Å². The van der Waals surface area contributed by atoms with Crippen molar-refractivity contribution in [2.45, 2.75) is 37.8 Å². The van der Waals surface area contributed by atoms with Crippen LogP contribution in [0.2, 0.25) is 0 Å². The van der Waals surface area contributed by atoms with Crippen LogP contribution in [0.4, 0.5) is 24.5 Å². The van der Waals surface area contributed by atoms with Crippen LogP contribution in [0.15, 0.2) is 41.3 Å². The molecular formula is C25H30F3N3O4S. The molecule has 2 aliphatic heterocycles. The van der Waals surface area contributed by atoms with Gasteiger partial charge in [-0.25, -0.2) is 8.42 Å². The molecular weight excluding hydrogens is 495 g/mol. The number of morpholine rings is 1. The van der Waals surface area contributed by atoms with Crippen LogP contribution in [-0.4, -0.2) is 58.0 Å². The molecule has 0 bridgehead atoms. The second-order valence-electron chi connectivity index (χ2n) is 9.24. The van der Waals surface area contributed by atoms with E-state index < -0.39 is 33.6 Å². The molecule has 11 heteroatoms. The summed E-state index contributed by atoms with van der Waals surface area (Å²) in [5.41, 5.74) is 1.64. The summed E-state index contributed by atoms with van der Waals surface area (Å²) in [5.74, 6) is -0.921. The fourth-order valence-corrected chi connectivity index (χ4v) is 6.06. The standard InChI is InChI=1S/C25H30F3N3O4S/c1-17-3-5-21(15-18(17)2)36(33,34)31-9-7-19(8-10-31)24(32)29-22-16-20(25(26,27)28)4-6-23(22)30-11-13-35-14-12-30/h3-6,15-16,19H,7-14H2,1-2H3,(H,29,32). The van der Waals surface area contributed by atoms with Crippen molar-refractivity contribution in [2.75, 3.05) is 49.6 Å². The van der Waals surface area contributed by atoms with E-state index in [1.165, 1.54) is 10.4 Å². The quantitative estimate of drug-likeness (QED) is 0.633. The average Bonchev–Trinajstić information content (AvgIpc) is 2.85. The van der Waals surface area contributed by atoms with E-state index in [2.05, 4.69) is 5.32 Å². The van der Waals surface area contributed by atoms with E-state index >= 15 is 0 Å². The number of anilines is 2. The van der Waals surface area contributed by atoms with Gasteiger partial charge in [0.1, 0.15) is 0 Å². The molecule has 2 fully saturated rings. The summed E-state index contributed by atoms with van der Waals surface area (Å²) in [5, 5.41) is 2.70. The summed E-state index contributed by atoms with van der Waals surface area (Å²) >= 11 is 0. The SMILES string of the molecule is Cc1ccc(S(=O)(=O)N2CCC(C(=O)Nc3cc(C(F)(F)F)ccc3N3CCOCC3)CC2)cc1C. The normalized spacial score (nSPS) is 18.3. The van der Waals surface area contributed by atoms with Gasteiger partial charge in [-0.2, -0.15) is 17.5 Å². The summed E-state index contributed by atoms with van der Waals surface area (Å²) in [7, 11) is -3.69. The lowest BCUT2D eigenvalue weighted by atomic mass is 9.97. The average molecular weight is 526 g/mol. The number of carbonyl (C=O) groups excluding carboxylic acids is 1. The third-order valence-electron chi connectivity index (χ3n) is 6.87. The number of hydrogen-bond acceptors (Lipinski definition) is 5. The van der Waals surface area contributed by atoms with E-state index in [1.54, 1.807) is 18.2 Å². The summed E-state index contributed by atoms with van der Waals surface area (Å²) in [6.45, 7) is 5.97. The summed E-state index contributed by atoms with van der Waals surface area (Å²) in [6, 6.07) is 8.34. The van der Waals surface area contributed by atoms with Crippen molar-refractivity contribution in [3.8, 4) is 0 Å². The van der Waals surface area contributed by atoms with Crippen molar-refractivity contribution in [3.05, 3.63) is 53.1 Å². The van der Waals surface area contributed by atoms with Gasteiger partial charge >= 0.3 is 6.18 Å². The lowest BCUT2D eigenvalue weighted by Gasteiger charge is -2.32. The Labute approximate surface area is 209 Å². The van der Waals surface area contributed by atoms with Gasteiger partial charge in [-0.05, 0) is 68.1 Å². The molecule has 2 heterocycles. The number of rotatable bonds is 5. The van der Waals surface area contributed by atoms with E-state index in [0.717, 1.165) is 23.3 Å². The van der Waals surface area contributed by atoms with E-state index in [4.69, 9.17) is 4.74 Å². The number of alkyl halides is 3. The Morgan fingerprint density at radius 2 is 1.64 bits per heavy atom. The first kappa shape index (κ1) is 26.4. The van der Waals surface area contributed by atoms with Gasteiger partial charge in [0.25, 0.3) is 0 Å². The maximum Gasteiger partial charge on any atom is 0.416 e. The van der Waals surface area contributed by atoms with Gasteiger partial charge in [0, 0.05) is 32.1 Å². The van der Waals surface area contributed by atoms with Crippen molar-refractivity contribution in [1.29, 1.82) is 0 Å². The van der Waals surface area contributed by atoms with Crippen molar-refractivity contribution in [3.63, 3.8) is 0 Å². The number of carbonyl (C=O) groups is 1. The summed E-state index contributed by atoms with van der Waals surface area (Å²) in [6.07, 6.45) is -3.99. The van der Waals surface area contributed by atoms with Crippen LogP contribution in [-0.2, 0) is 25.7 Å². The zero-order valence-electron chi connectivity index (χ0n) is 20.3. The highest BCUT2D eigenvalue weighted by atomic mass is 32.2. The first-order valence-corrected chi connectivity index (χ1v) is 13.3. The number of amides is 1. The number of ether oxygens (including phenoxy) is 1. The largest absolute Gasteiger partial charge is 0.416 e. The molecule has 0 atom stereocenters. The molecule has 1 amide bonds. The van der Waals surface area contributed by atoms with Gasteiger partial charge in [0.05, 0.1) is 35.0 Å². The fourth-order valence-electron chi connectivity index (χ4n) is 4.51. The molecule has 0 aliphatic carbocycles. The Bertz CT molecular complexity index is 1220. The second-order valence-corrected chi connectivity index (χ2v) is 11.2. The van der Waals surface area contributed by atoms with Crippen molar-refractivity contribution in [2.24, 2.45) is 5.92 Å². The number of benzene rings is 2. The van der Waals surface area contributed by atoms with Crippen LogP contribution < -0.4 is 10.2 Å². The van der Waals surface area contributed by atoms with Crippen molar-refractivity contribution < 1.29 is 31.1 Å². The number of halogens is 3. The Balaban J connectivity index is 1.47. The Kier molecular flexibility index (Phi) is 7.63. The Morgan fingerprint density at radius 3 is 2.25 bits per heavy atom. The molecule has 7 nitrogen and oxygen atoms in total. The van der Waals surface area contributed by atoms with Crippen LogP contribution in [0, 0.1) is 19.8 Å². The summed E-state index contributed by atoms with van der Waals surface area (Å²) in [4.78, 5) is 15.2. The summed E-state index contributed by atoms with van der Waals surface area (Å²) < 4.78 is 72.9. The van der Waals surface area contributed by atoms with Gasteiger partial charge < -0.3 is 15.0 Å². The second kappa shape index (κ2) is 10.4. The van der Waals surface area contributed by atoms with Crippen molar-refractivity contribution in [1.82, 2.24) is 4.31 Å². The highest BCUT2D eigenvalue weighted by Crippen LogP contribution is 2.36. The van der Waals surface area contributed by atoms with Crippen molar-refractivity contribution >= 4 is 27.3 Å². The van der Waals surface area contributed by atoms with Crippen LogP contribution in [0.5, 0.6) is 0 Å². The number of sulfonamides is 1. The Morgan fingerprint density at radius 1 is 0.972 bits per heavy atom. The minimum absolute atomic E-state index is 0.0990. The molecule has 2 aromatic carbocycles. The molecule has 0 radical (unpaired) electrons. The van der Waals surface area contributed by atoms with Crippen LogP contribution in [0.1, 0.15) is 29.5 Å². The molecule has 2 saturated heterocycles. The molecule has 0 saturated carbocycles. The van der Waals surface area contributed by atoms with Crippen LogP contribution in [0.3, 0.4) is 0 Å². The predicted molar refractivity (Wildman–Crippen MR) is 131 cm³/mol. The number of piperidine rings is 1. The molecule has 2 aliphatic rings. The van der Waals surface area contributed by atoms with Crippen LogP contribution >= 0.6 is 0 Å². The molecule has 36 heavy (non-hydrogen) atoms. The molecule has 2 aromatic rings. The lowest BCUT2D eigenvalue weighted by molar-refractivity contribution is -0.137. The third kappa shape index (κ3) is 5.68. The maximum absolute atomic E-state index is 13.4. The minimum Gasteiger partial charge on any atom is -0.378 e. The van der Waals surface area contributed by atoms with Gasteiger partial charge in [0.2, 0.25) is 15.9 Å². The molecule has 0 aromatic heterocycles. The highest BCUT2D eigenvalue weighted by molar-refractivity contribution is 7.89. The predicted octanol–water partition coefficient (Wildman–Crippen LogP) is 4.20. The van der Waals surface area contributed by atoms with Gasteiger partial charge in [-0.15, -0.1) is 0 Å². The molecule has 4 rings (SSSR count). The highest BCUT2D eigenvalue weighted by Gasteiger charge is 2.34. The monoisotopic (exact) mass is 525 g/mol. The third-order valence-corrected chi connectivity index (χ3v) is 8.77. The topological polar surface area (TPSA) is 79.0 Å². The number of nitrogens with one attached hydrogen (secondary N) is 1. The zero-order chi connectivity index (χ0) is 26.1. The number of hydrogen-bond donors (Lipinski definition) is 1. The minimum atomic E-state index is -4.54. The molecule has 196 valence electrons. The number of nitrogens with zero attached hydrogens (tertiary/aromatic N) is 2. The lowest BCUT2D eigenvalue weighted by Crippen LogP contribution is -2.41. The Hall–Kier alpha value is -2.63. The zero-order valence-corrected chi connectivity index (χ0v) is 21.1. The van der Waals surface area contributed by atoms with E-state index in [0.29, 0.717) is 32.0 Å². The van der Waals surface area contributed by atoms with Crippen LogP contribution in [0.25, 0.3) is 0 Å². The molecule has 0 spiro atoms. The number of aryl methyl sites for hydroxylation is 2. The fraction of sp³-hybridized carbons (Fsp3) is 0.480. The van der Waals surface area contributed by atoms with Gasteiger partial charge in [-0.3, -0.25) is 4.79 Å². The van der Waals surface area contributed by atoms with E-state index in [1.807, 2.05) is 18.7 Å². The van der Waals surface area contributed by atoms with Gasteiger partial charge in [0.15, 0.2) is 0 Å². The smallest absolute Gasteiger partial charge is 0.378 e. The first-order chi connectivity index (χ1) is 17.0. The van der Waals surface area contributed by atoms with E-state index in [9.17, 15) is 26.4 Å². The molecule has 0 unspecified atom stereocenters. The first-order valence-electron chi connectivity index (χ1n) is 11.9.